The van der Waals surface area contributed by atoms with Crippen LogP contribution in [0.1, 0.15) is 24.0 Å². The largest absolute Gasteiger partial charge is 0.481 e. The van der Waals surface area contributed by atoms with Crippen LogP contribution < -0.4 is 5.32 Å². The second-order valence-electron chi connectivity index (χ2n) is 4.09. The summed E-state index contributed by atoms with van der Waals surface area (Å²) in [6.07, 6.45) is 1.10. The van der Waals surface area contributed by atoms with Gasteiger partial charge in [0.25, 0.3) is 0 Å². The standard InChI is InChI=1S/C13H13NO3/c1-8(6-13(16)17)9-2-4-11-10(7-9)3-5-12(15)14-11/h2,4,7H,1,3,5-6H2,(H,14,15)(H,16,17). The van der Waals surface area contributed by atoms with E-state index >= 15 is 0 Å². The molecule has 88 valence electrons. The monoisotopic (exact) mass is 231 g/mol. The third-order valence-electron chi connectivity index (χ3n) is 2.77. The molecular formula is C13H13NO3. The molecule has 0 atom stereocenters. The molecule has 1 amide bonds. The summed E-state index contributed by atoms with van der Waals surface area (Å²) in [5.41, 5.74) is 3.25. The molecule has 1 aliphatic rings. The molecule has 4 nitrogen and oxygen atoms in total. The van der Waals surface area contributed by atoms with Crippen LogP contribution in [0.2, 0.25) is 0 Å². The average Bonchev–Trinajstić information content (AvgIpc) is 2.27. The van der Waals surface area contributed by atoms with Gasteiger partial charge in [0.1, 0.15) is 0 Å². The molecule has 0 radical (unpaired) electrons. The lowest BCUT2D eigenvalue weighted by Gasteiger charge is -2.17. The molecule has 2 N–H and O–H groups in total. The van der Waals surface area contributed by atoms with E-state index in [4.69, 9.17) is 5.11 Å². The minimum absolute atomic E-state index is 0.0228. The van der Waals surface area contributed by atoms with Crippen LogP contribution >= 0.6 is 0 Å². The van der Waals surface area contributed by atoms with Crippen LogP contribution in [0.5, 0.6) is 0 Å². The van der Waals surface area contributed by atoms with E-state index in [2.05, 4.69) is 11.9 Å². The Labute approximate surface area is 99.0 Å². The number of carboxylic acids is 1. The molecule has 2 rings (SSSR count). The number of carbonyl (C=O) groups excluding carboxylic acids is 1. The fraction of sp³-hybridized carbons (Fsp3) is 0.231. The van der Waals surface area contributed by atoms with E-state index in [0.717, 1.165) is 16.8 Å². The molecule has 4 heteroatoms. The maximum absolute atomic E-state index is 11.2. The topological polar surface area (TPSA) is 66.4 Å². The molecule has 0 saturated carbocycles. The maximum atomic E-state index is 11.2. The number of amides is 1. The first kappa shape index (κ1) is 11.4. The first-order chi connectivity index (χ1) is 8.06. The van der Waals surface area contributed by atoms with Crippen molar-refractivity contribution in [2.75, 3.05) is 5.32 Å². The minimum atomic E-state index is -0.888. The highest BCUT2D eigenvalue weighted by Gasteiger charge is 2.15. The highest BCUT2D eigenvalue weighted by Crippen LogP contribution is 2.27. The summed E-state index contributed by atoms with van der Waals surface area (Å²) in [6, 6.07) is 5.49. The number of hydrogen-bond donors (Lipinski definition) is 2. The Hall–Kier alpha value is -2.10. The highest BCUT2D eigenvalue weighted by molar-refractivity contribution is 5.94. The van der Waals surface area contributed by atoms with Gasteiger partial charge >= 0.3 is 5.97 Å². The third kappa shape index (κ3) is 2.53. The van der Waals surface area contributed by atoms with Gasteiger partial charge in [0.2, 0.25) is 5.91 Å². The highest BCUT2D eigenvalue weighted by atomic mass is 16.4. The molecular weight excluding hydrogens is 218 g/mol. The predicted octanol–water partition coefficient (Wildman–Crippen LogP) is 2.06. The second kappa shape index (κ2) is 4.41. The van der Waals surface area contributed by atoms with Crippen molar-refractivity contribution in [3.8, 4) is 0 Å². The van der Waals surface area contributed by atoms with Crippen molar-refractivity contribution >= 4 is 23.1 Å². The van der Waals surface area contributed by atoms with Crippen molar-refractivity contribution < 1.29 is 14.7 Å². The van der Waals surface area contributed by atoms with Crippen molar-refractivity contribution in [2.45, 2.75) is 19.3 Å². The SMILES string of the molecule is C=C(CC(=O)O)c1ccc2c(c1)CCC(=O)N2. The van der Waals surface area contributed by atoms with E-state index in [9.17, 15) is 9.59 Å². The van der Waals surface area contributed by atoms with Gasteiger partial charge in [-0.3, -0.25) is 9.59 Å². The van der Waals surface area contributed by atoms with E-state index < -0.39 is 5.97 Å². The Kier molecular flexibility index (Phi) is 2.95. The molecule has 17 heavy (non-hydrogen) atoms. The van der Waals surface area contributed by atoms with Crippen LogP contribution in [-0.2, 0) is 16.0 Å². The molecule has 0 unspecified atom stereocenters. The number of benzene rings is 1. The molecule has 0 aromatic heterocycles. The van der Waals surface area contributed by atoms with Gasteiger partial charge < -0.3 is 10.4 Å². The Morgan fingerprint density at radius 3 is 2.88 bits per heavy atom. The fourth-order valence-electron chi connectivity index (χ4n) is 1.89. The van der Waals surface area contributed by atoms with Gasteiger partial charge in [-0.15, -0.1) is 0 Å². The van der Waals surface area contributed by atoms with Gasteiger partial charge in [-0.1, -0.05) is 12.6 Å². The van der Waals surface area contributed by atoms with Crippen LogP contribution in [0.3, 0.4) is 0 Å². The van der Waals surface area contributed by atoms with Crippen molar-refractivity contribution in [1.29, 1.82) is 0 Å². The van der Waals surface area contributed by atoms with E-state index in [1.807, 2.05) is 6.07 Å². The lowest BCUT2D eigenvalue weighted by Crippen LogP contribution is -2.18. The zero-order valence-electron chi connectivity index (χ0n) is 9.32. The number of carboxylic acid groups (broad SMARTS) is 1. The molecule has 1 aromatic rings. The van der Waals surface area contributed by atoms with Crippen molar-refractivity contribution in [1.82, 2.24) is 0 Å². The van der Waals surface area contributed by atoms with E-state index in [-0.39, 0.29) is 12.3 Å². The van der Waals surface area contributed by atoms with E-state index in [1.54, 1.807) is 12.1 Å². The summed E-state index contributed by atoms with van der Waals surface area (Å²) in [6.45, 7) is 3.76. The molecule has 1 aromatic carbocycles. The van der Waals surface area contributed by atoms with Gasteiger partial charge in [0.15, 0.2) is 0 Å². The Balaban J connectivity index is 2.25. The summed E-state index contributed by atoms with van der Waals surface area (Å²) in [5, 5.41) is 11.5. The molecule has 0 spiro atoms. The summed E-state index contributed by atoms with van der Waals surface area (Å²) in [4.78, 5) is 21.8. The van der Waals surface area contributed by atoms with Crippen LogP contribution in [-0.4, -0.2) is 17.0 Å². The molecule has 1 aliphatic heterocycles. The normalized spacial score (nSPS) is 13.8. The number of hydrogen-bond acceptors (Lipinski definition) is 2. The van der Waals surface area contributed by atoms with Crippen LogP contribution in [0.4, 0.5) is 5.69 Å². The number of carbonyl (C=O) groups is 2. The van der Waals surface area contributed by atoms with Crippen molar-refractivity contribution in [2.24, 2.45) is 0 Å². The summed E-state index contributed by atoms with van der Waals surface area (Å²) in [5.74, 6) is -0.865. The molecule has 0 bridgehead atoms. The van der Waals surface area contributed by atoms with E-state index in [1.165, 1.54) is 0 Å². The van der Waals surface area contributed by atoms with Crippen molar-refractivity contribution in [3.05, 3.63) is 35.9 Å². The molecule has 0 fully saturated rings. The molecule has 0 saturated heterocycles. The number of fused-ring (bicyclic) bond motifs is 1. The molecule has 1 heterocycles. The lowest BCUT2D eigenvalue weighted by atomic mass is 9.96. The fourth-order valence-corrected chi connectivity index (χ4v) is 1.89. The zero-order chi connectivity index (χ0) is 12.4. The third-order valence-corrected chi connectivity index (χ3v) is 2.77. The Bertz CT molecular complexity index is 505. The summed E-state index contributed by atoms with van der Waals surface area (Å²) < 4.78 is 0. The van der Waals surface area contributed by atoms with E-state index in [0.29, 0.717) is 18.4 Å². The number of aryl methyl sites for hydroxylation is 1. The number of anilines is 1. The Morgan fingerprint density at radius 2 is 2.18 bits per heavy atom. The summed E-state index contributed by atoms with van der Waals surface area (Å²) in [7, 11) is 0. The van der Waals surface area contributed by atoms with Crippen LogP contribution in [0.25, 0.3) is 5.57 Å². The van der Waals surface area contributed by atoms with Gasteiger partial charge in [-0.05, 0) is 35.3 Å². The second-order valence-corrected chi connectivity index (χ2v) is 4.09. The van der Waals surface area contributed by atoms with Gasteiger partial charge in [0, 0.05) is 12.1 Å². The van der Waals surface area contributed by atoms with Crippen LogP contribution in [0, 0.1) is 0 Å². The van der Waals surface area contributed by atoms with Gasteiger partial charge in [-0.2, -0.15) is 0 Å². The predicted molar refractivity (Wildman–Crippen MR) is 64.7 cm³/mol. The first-order valence-corrected chi connectivity index (χ1v) is 5.39. The number of rotatable bonds is 3. The quantitative estimate of drug-likeness (QED) is 0.836. The van der Waals surface area contributed by atoms with Crippen molar-refractivity contribution in [3.63, 3.8) is 0 Å². The maximum Gasteiger partial charge on any atom is 0.307 e. The summed E-state index contributed by atoms with van der Waals surface area (Å²) >= 11 is 0. The van der Waals surface area contributed by atoms with Gasteiger partial charge in [-0.25, -0.2) is 0 Å². The van der Waals surface area contributed by atoms with Crippen LogP contribution in [0.15, 0.2) is 24.8 Å². The Morgan fingerprint density at radius 1 is 1.41 bits per heavy atom. The van der Waals surface area contributed by atoms with Gasteiger partial charge in [0.05, 0.1) is 6.42 Å². The minimum Gasteiger partial charge on any atom is -0.481 e. The molecule has 0 aliphatic carbocycles. The average molecular weight is 231 g/mol. The lowest BCUT2D eigenvalue weighted by molar-refractivity contribution is -0.135. The smallest absolute Gasteiger partial charge is 0.307 e. The number of aliphatic carboxylic acids is 1. The zero-order valence-corrected chi connectivity index (χ0v) is 9.32. The number of nitrogens with one attached hydrogen (secondary N) is 1. The first-order valence-electron chi connectivity index (χ1n) is 5.39.